The van der Waals surface area contributed by atoms with Gasteiger partial charge in [0, 0.05) is 11.8 Å². The van der Waals surface area contributed by atoms with Crippen LogP contribution in [0.5, 0.6) is 0 Å². The van der Waals surface area contributed by atoms with Gasteiger partial charge in [-0.15, -0.1) is 0 Å². The van der Waals surface area contributed by atoms with Crippen LogP contribution in [0.25, 0.3) is 0 Å². The molecular formula is C14H16N4O2. The fourth-order valence-corrected chi connectivity index (χ4v) is 1.65. The van der Waals surface area contributed by atoms with Crippen LogP contribution in [0.4, 0.5) is 11.4 Å². The molecule has 6 heteroatoms. The van der Waals surface area contributed by atoms with Gasteiger partial charge in [0.1, 0.15) is 12.4 Å². The topological polar surface area (TPSA) is 118 Å². The molecule has 6 N–H and O–H groups in total. The molecule has 0 aliphatic heterocycles. The van der Waals surface area contributed by atoms with Gasteiger partial charge >= 0.3 is 0 Å². The van der Waals surface area contributed by atoms with Crippen molar-refractivity contribution in [2.24, 2.45) is 10.7 Å². The lowest BCUT2D eigenvalue weighted by molar-refractivity contribution is 0.156. The minimum atomic E-state index is -0.117. The fraction of sp³-hybridized carbons (Fsp3) is 0.143. The number of allylic oxidation sites excluding steroid dienone is 2. The van der Waals surface area contributed by atoms with E-state index in [1.807, 2.05) is 0 Å². The number of nitrogens with one attached hydrogen (secondary N) is 1. The summed E-state index contributed by atoms with van der Waals surface area (Å²) in [6.45, 7) is 0.00532. The number of aliphatic hydroxyl groups is 1. The minimum Gasteiger partial charge on any atom is -0.489 e. The minimum absolute atomic E-state index is 0.117. The molecule has 0 aromatic heterocycles. The number of aliphatic hydroxyl groups excluding tert-OH is 1. The Hall–Kier alpha value is -2.60. The Bertz CT molecular complexity index is 600. The van der Waals surface area contributed by atoms with Crippen LogP contribution in [-0.2, 0) is 4.74 Å². The molecule has 0 spiro atoms. The van der Waals surface area contributed by atoms with Crippen molar-refractivity contribution in [1.29, 1.82) is 5.41 Å². The van der Waals surface area contributed by atoms with E-state index in [1.165, 1.54) is 6.08 Å². The van der Waals surface area contributed by atoms with Crippen LogP contribution in [0.3, 0.4) is 0 Å². The van der Waals surface area contributed by atoms with Crippen LogP contribution in [0.2, 0.25) is 0 Å². The Morgan fingerprint density at radius 2 is 1.85 bits per heavy atom. The van der Waals surface area contributed by atoms with Gasteiger partial charge in [-0.05, 0) is 30.3 Å². The van der Waals surface area contributed by atoms with E-state index in [4.69, 9.17) is 26.7 Å². The van der Waals surface area contributed by atoms with Crippen LogP contribution < -0.4 is 11.5 Å². The lowest BCUT2D eigenvalue weighted by Crippen LogP contribution is -2.20. The Morgan fingerprint density at radius 3 is 2.50 bits per heavy atom. The zero-order valence-electron chi connectivity index (χ0n) is 10.8. The molecule has 1 aromatic rings. The van der Waals surface area contributed by atoms with Crippen molar-refractivity contribution in [3.05, 3.63) is 47.9 Å². The summed E-state index contributed by atoms with van der Waals surface area (Å²) in [7, 11) is 0. The Balaban J connectivity index is 2.28. The number of nitrogen functional groups attached to an aromatic ring is 1. The molecule has 0 fully saturated rings. The van der Waals surface area contributed by atoms with Crippen molar-refractivity contribution >= 4 is 22.8 Å². The number of rotatable bonds is 4. The normalized spacial score (nSPS) is 16.9. The van der Waals surface area contributed by atoms with Crippen LogP contribution in [0.1, 0.15) is 0 Å². The molecule has 6 nitrogen and oxygen atoms in total. The monoisotopic (exact) mass is 272 g/mol. The summed E-state index contributed by atoms with van der Waals surface area (Å²) in [5.74, 6) is 0.336. The third-order valence-corrected chi connectivity index (χ3v) is 2.62. The van der Waals surface area contributed by atoms with Crippen molar-refractivity contribution in [2.75, 3.05) is 18.9 Å². The number of hydrogen-bond donors (Lipinski definition) is 4. The van der Waals surface area contributed by atoms with Gasteiger partial charge in [0.15, 0.2) is 0 Å². The maximum Gasteiger partial charge on any atom is 0.146 e. The van der Waals surface area contributed by atoms with Crippen molar-refractivity contribution < 1.29 is 9.84 Å². The first kappa shape index (κ1) is 13.8. The van der Waals surface area contributed by atoms with E-state index in [9.17, 15) is 0 Å². The van der Waals surface area contributed by atoms with Gasteiger partial charge in [0.2, 0.25) is 0 Å². The molecule has 0 atom stereocenters. The van der Waals surface area contributed by atoms with Gasteiger partial charge in [0.25, 0.3) is 0 Å². The molecule has 0 saturated carbocycles. The number of hydrogen-bond acceptors (Lipinski definition) is 6. The quantitative estimate of drug-likeness (QED) is 0.485. The first-order chi connectivity index (χ1) is 9.60. The SMILES string of the molecule is N=C1C=C(N)C(=Nc2ccc(N)cc2)C=C1OCCO. The predicted molar refractivity (Wildman–Crippen MR) is 79.1 cm³/mol. The summed E-state index contributed by atoms with van der Waals surface area (Å²) in [4.78, 5) is 4.39. The number of aliphatic imine (C=N–C) groups is 1. The average molecular weight is 272 g/mol. The van der Waals surface area contributed by atoms with Gasteiger partial charge < -0.3 is 21.3 Å². The zero-order valence-corrected chi connectivity index (χ0v) is 10.8. The Morgan fingerprint density at radius 1 is 1.15 bits per heavy atom. The second kappa shape index (κ2) is 6.03. The van der Waals surface area contributed by atoms with Crippen molar-refractivity contribution in [3.8, 4) is 0 Å². The summed E-state index contributed by atoms with van der Waals surface area (Å²) < 4.78 is 5.27. The van der Waals surface area contributed by atoms with Gasteiger partial charge in [-0.1, -0.05) is 0 Å². The standard InChI is InChI=1S/C14H16N4O2/c15-9-1-3-10(4-2-9)18-13-8-14(20-6-5-19)12(17)7-11(13)16/h1-4,7-8,17,19H,5-6,15-16H2. The molecule has 0 amide bonds. The highest BCUT2D eigenvalue weighted by Crippen LogP contribution is 2.18. The van der Waals surface area contributed by atoms with Crippen molar-refractivity contribution in [1.82, 2.24) is 0 Å². The van der Waals surface area contributed by atoms with E-state index < -0.39 is 0 Å². The predicted octanol–water partition coefficient (Wildman–Crippen LogP) is 1.11. The van der Waals surface area contributed by atoms with E-state index in [0.717, 1.165) is 0 Å². The molecule has 20 heavy (non-hydrogen) atoms. The lowest BCUT2D eigenvalue weighted by atomic mass is 10.1. The number of benzene rings is 1. The zero-order chi connectivity index (χ0) is 14.5. The van der Waals surface area contributed by atoms with Crippen LogP contribution >= 0.6 is 0 Å². The third-order valence-electron chi connectivity index (χ3n) is 2.62. The third kappa shape index (κ3) is 3.24. The summed E-state index contributed by atoms with van der Waals surface area (Å²) in [6.07, 6.45) is 3.06. The van der Waals surface area contributed by atoms with Gasteiger partial charge in [-0.25, -0.2) is 4.99 Å². The van der Waals surface area contributed by atoms with Crippen molar-refractivity contribution in [3.63, 3.8) is 0 Å². The molecule has 1 aromatic carbocycles. The maximum atomic E-state index is 8.76. The van der Waals surface area contributed by atoms with E-state index >= 15 is 0 Å². The molecule has 2 rings (SSSR count). The number of ether oxygens (including phenoxy) is 1. The number of anilines is 1. The van der Waals surface area contributed by atoms with Crippen LogP contribution in [0, 0.1) is 5.41 Å². The second-order valence-corrected chi connectivity index (χ2v) is 4.18. The molecule has 1 aliphatic carbocycles. The van der Waals surface area contributed by atoms with Crippen molar-refractivity contribution in [2.45, 2.75) is 0 Å². The molecule has 0 heterocycles. The fourth-order valence-electron chi connectivity index (χ4n) is 1.65. The van der Waals surface area contributed by atoms with Gasteiger partial charge in [-0.2, -0.15) is 0 Å². The summed E-state index contributed by atoms with van der Waals surface area (Å²) in [5, 5.41) is 16.5. The van der Waals surface area contributed by atoms with Gasteiger partial charge in [-0.3, -0.25) is 5.41 Å². The number of nitrogens with zero attached hydrogens (tertiary/aromatic N) is 1. The van der Waals surface area contributed by atoms with E-state index in [0.29, 0.717) is 28.5 Å². The molecule has 0 radical (unpaired) electrons. The maximum absolute atomic E-state index is 8.76. The first-order valence-electron chi connectivity index (χ1n) is 6.06. The molecule has 0 bridgehead atoms. The van der Waals surface area contributed by atoms with E-state index in [2.05, 4.69) is 4.99 Å². The van der Waals surface area contributed by atoms with Crippen LogP contribution in [-0.4, -0.2) is 29.7 Å². The molecule has 104 valence electrons. The van der Waals surface area contributed by atoms with E-state index in [-0.39, 0.29) is 18.9 Å². The molecule has 0 saturated heterocycles. The first-order valence-corrected chi connectivity index (χ1v) is 6.06. The Kier molecular flexibility index (Phi) is 4.17. The highest BCUT2D eigenvalue weighted by Gasteiger charge is 2.15. The van der Waals surface area contributed by atoms with E-state index in [1.54, 1.807) is 30.3 Å². The highest BCUT2D eigenvalue weighted by molar-refractivity contribution is 6.22. The summed E-state index contributed by atoms with van der Waals surface area (Å²) in [5.41, 5.74) is 13.9. The largest absolute Gasteiger partial charge is 0.489 e. The average Bonchev–Trinajstić information content (AvgIpc) is 2.43. The molecule has 1 aliphatic rings. The molecule has 0 unspecified atom stereocenters. The molecular weight excluding hydrogens is 256 g/mol. The smallest absolute Gasteiger partial charge is 0.146 e. The summed E-state index contributed by atoms with van der Waals surface area (Å²) in [6, 6.07) is 7.05. The Labute approximate surface area is 116 Å². The lowest BCUT2D eigenvalue weighted by Gasteiger charge is -2.14. The van der Waals surface area contributed by atoms with Crippen LogP contribution in [0.15, 0.2) is 52.9 Å². The second-order valence-electron chi connectivity index (χ2n) is 4.18. The highest BCUT2D eigenvalue weighted by atomic mass is 16.5. The summed E-state index contributed by atoms with van der Waals surface area (Å²) >= 11 is 0. The number of nitrogens with two attached hydrogens (primary N) is 2. The van der Waals surface area contributed by atoms with Gasteiger partial charge in [0.05, 0.1) is 29.4 Å².